The first-order valence-electron chi connectivity index (χ1n) is 8.02. The van der Waals surface area contributed by atoms with Crippen LogP contribution in [0.1, 0.15) is 24.2 Å². The minimum absolute atomic E-state index is 0.134. The van der Waals surface area contributed by atoms with Crippen molar-refractivity contribution in [2.24, 2.45) is 10.2 Å². The van der Waals surface area contributed by atoms with Crippen molar-refractivity contribution < 1.29 is 9.90 Å². The second-order valence-corrected chi connectivity index (χ2v) is 6.35. The third-order valence-corrected chi connectivity index (χ3v) is 4.79. The maximum Gasteiger partial charge on any atom is 0.338 e. The van der Waals surface area contributed by atoms with Crippen molar-refractivity contribution in [1.82, 2.24) is 4.98 Å². The van der Waals surface area contributed by atoms with Crippen LogP contribution < -0.4 is 4.90 Å². The van der Waals surface area contributed by atoms with Crippen molar-refractivity contribution in [2.75, 3.05) is 18.0 Å². The Hall–Kier alpha value is -2.80. The van der Waals surface area contributed by atoms with Crippen molar-refractivity contribution >= 4 is 44.0 Å². The molecule has 0 aliphatic heterocycles. The second kappa shape index (κ2) is 7.40. The number of thiazole rings is 1. The number of para-hydroxylation sites is 1. The van der Waals surface area contributed by atoms with E-state index in [4.69, 9.17) is 0 Å². The number of rotatable bonds is 6. The zero-order valence-corrected chi connectivity index (χ0v) is 14.8. The summed E-state index contributed by atoms with van der Waals surface area (Å²) in [6.07, 6.45) is 0. The molecule has 1 N–H and O–H groups in total. The molecule has 1 aromatic heterocycles. The summed E-state index contributed by atoms with van der Waals surface area (Å²) in [7, 11) is 0. The van der Waals surface area contributed by atoms with Gasteiger partial charge in [0.05, 0.1) is 15.8 Å². The first-order valence-corrected chi connectivity index (χ1v) is 8.83. The van der Waals surface area contributed by atoms with Gasteiger partial charge in [0.25, 0.3) is 0 Å². The highest BCUT2D eigenvalue weighted by Gasteiger charge is 2.13. The Morgan fingerprint density at radius 2 is 1.92 bits per heavy atom. The van der Waals surface area contributed by atoms with Crippen LogP contribution in [0.4, 0.5) is 16.5 Å². The molecule has 3 rings (SSSR count). The molecule has 2 aromatic carbocycles. The first kappa shape index (κ1) is 17.0. The van der Waals surface area contributed by atoms with Gasteiger partial charge in [0, 0.05) is 18.8 Å². The molecule has 128 valence electrons. The number of hydrogen-bond acceptors (Lipinski definition) is 6. The molecule has 6 nitrogen and oxygen atoms in total. The lowest BCUT2D eigenvalue weighted by atomic mass is 10.1. The zero-order chi connectivity index (χ0) is 17.8. The average molecular weight is 354 g/mol. The Bertz CT molecular complexity index is 899. The Labute approximate surface area is 149 Å². The van der Waals surface area contributed by atoms with Gasteiger partial charge in [-0.1, -0.05) is 23.5 Å². The largest absolute Gasteiger partial charge is 0.478 e. The summed E-state index contributed by atoms with van der Waals surface area (Å²) < 4.78 is 1.02. The van der Waals surface area contributed by atoms with Gasteiger partial charge in [-0.3, -0.25) is 0 Å². The molecule has 3 aromatic rings. The molecule has 0 radical (unpaired) electrons. The quantitative estimate of drug-likeness (QED) is 0.613. The van der Waals surface area contributed by atoms with E-state index in [-0.39, 0.29) is 5.56 Å². The molecule has 0 amide bonds. The predicted octanol–water partition coefficient (Wildman–Crippen LogP) is 5.26. The Morgan fingerprint density at radius 1 is 1.16 bits per heavy atom. The highest BCUT2D eigenvalue weighted by molar-refractivity contribution is 7.21. The van der Waals surface area contributed by atoms with Crippen LogP contribution in [0.2, 0.25) is 0 Å². The smallest absolute Gasteiger partial charge is 0.338 e. The average Bonchev–Trinajstić information content (AvgIpc) is 3.04. The Morgan fingerprint density at radius 3 is 2.60 bits per heavy atom. The van der Waals surface area contributed by atoms with Crippen LogP contribution >= 0.6 is 11.3 Å². The molecule has 0 saturated carbocycles. The van der Waals surface area contributed by atoms with Gasteiger partial charge in [-0.15, -0.1) is 10.2 Å². The van der Waals surface area contributed by atoms with Crippen molar-refractivity contribution in [3.63, 3.8) is 0 Å². The molecule has 1 heterocycles. The fourth-order valence-electron chi connectivity index (χ4n) is 2.57. The van der Waals surface area contributed by atoms with Gasteiger partial charge >= 0.3 is 5.97 Å². The summed E-state index contributed by atoms with van der Waals surface area (Å²) in [6, 6.07) is 12.9. The van der Waals surface area contributed by atoms with Crippen LogP contribution in [0.25, 0.3) is 10.2 Å². The van der Waals surface area contributed by atoms with Gasteiger partial charge in [-0.05, 0) is 44.2 Å². The number of carboxylic acids is 1. The summed E-state index contributed by atoms with van der Waals surface area (Å²) in [5.74, 6) is -1.02. The third kappa shape index (κ3) is 3.66. The van der Waals surface area contributed by atoms with Crippen LogP contribution in [-0.4, -0.2) is 29.1 Å². The van der Waals surface area contributed by atoms with Crippen molar-refractivity contribution in [3.05, 3.63) is 48.0 Å². The fourth-order valence-corrected chi connectivity index (χ4v) is 3.35. The molecule has 0 fully saturated rings. The van der Waals surface area contributed by atoms with Crippen LogP contribution in [0, 0.1) is 0 Å². The summed E-state index contributed by atoms with van der Waals surface area (Å²) in [4.78, 5) is 18.1. The van der Waals surface area contributed by atoms with Gasteiger partial charge in [-0.25, -0.2) is 9.78 Å². The number of benzene rings is 2. The number of carbonyl (C=O) groups is 1. The number of hydrogen-bond donors (Lipinski definition) is 1. The fraction of sp³-hybridized carbons (Fsp3) is 0.222. The Balaban J connectivity index is 1.94. The molecule has 0 aliphatic rings. The maximum atomic E-state index is 11.6. The molecule has 0 aliphatic carbocycles. The number of fused-ring (bicyclic) bond motifs is 1. The van der Waals surface area contributed by atoms with E-state index in [2.05, 4.69) is 20.1 Å². The lowest BCUT2D eigenvalue weighted by Crippen LogP contribution is -2.22. The number of aromatic nitrogens is 1. The number of aromatic carboxylic acids is 1. The van der Waals surface area contributed by atoms with E-state index in [9.17, 15) is 9.90 Å². The lowest BCUT2D eigenvalue weighted by Gasteiger charge is -2.21. The van der Waals surface area contributed by atoms with E-state index in [1.54, 1.807) is 12.1 Å². The van der Waals surface area contributed by atoms with Crippen molar-refractivity contribution in [2.45, 2.75) is 13.8 Å². The second-order valence-electron chi connectivity index (χ2n) is 5.34. The van der Waals surface area contributed by atoms with Gasteiger partial charge in [0.15, 0.2) is 0 Å². The van der Waals surface area contributed by atoms with E-state index in [0.29, 0.717) is 10.8 Å². The van der Waals surface area contributed by atoms with E-state index < -0.39 is 5.97 Å². The molecule has 0 spiro atoms. The molecule has 7 heteroatoms. The van der Waals surface area contributed by atoms with Gasteiger partial charge in [-0.2, -0.15) is 0 Å². The minimum atomic E-state index is -1.02. The van der Waals surface area contributed by atoms with Crippen LogP contribution in [-0.2, 0) is 0 Å². The third-order valence-electron chi connectivity index (χ3n) is 3.87. The lowest BCUT2D eigenvalue weighted by molar-refractivity contribution is 0.0698. The molecule has 25 heavy (non-hydrogen) atoms. The molecule has 0 unspecified atom stereocenters. The number of anilines is 1. The Kier molecular flexibility index (Phi) is 5.04. The van der Waals surface area contributed by atoms with Crippen molar-refractivity contribution in [1.29, 1.82) is 0 Å². The topological polar surface area (TPSA) is 78.2 Å². The summed E-state index contributed by atoms with van der Waals surface area (Å²) in [6.45, 7) is 5.68. The molecule has 0 atom stereocenters. The molecular formula is C18H18N4O2S. The first-order chi connectivity index (χ1) is 12.1. The molecule has 0 saturated heterocycles. The standard InChI is InChI=1S/C18H18N4O2S/c1-3-22(4-2)12-9-10-14(13(11-12)17(23)24)20-21-18-19-15-7-5-6-8-16(15)25-18/h5-11H,3-4H2,1-2H3,(H,23,24). The summed E-state index contributed by atoms with van der Waals surface area (Å²) in [5.41, 5.74) is 2.18. The van der Waals surface area contributed by atoms with Crippen LogP contribution in [0.3, 0.4) is 0 Å². The van der Waals surface area contributed by atoms with Crippen LogP contribution in [0.5, 0.6) is 0 Å². The highest BCUT2D eigenvalue weighted by atomic mass is 32.1. The van der Waals surface area contributed by atoms with Crippen LogP contribution in [0.15, 0.2) is 52.7 Å². The summed E-state index contributed by atoms with van der Waals surface area (Å²) in [5, 5.41) is 18.2. The van der Waals surface area contributed by atoms with Gasteiger partial charge < -0.3 is 10.0 Å². The monoisotopic (exact) mass is 354 g/mol. The maximum absolute atomic E-state index is 11.6. The molecule has 0 bridgehead atoms. The summed E-state index contributed by atoms with van der Waals surface area (Å²) >= 11 is 1.42. The van der Waals surface area contributed by atoms with E-state index >= 15 is 0 Å². The molecular weight excluding hydrogens is 336 g/mol. The van der Waals surface area contributed by atoms with E-state index in [1.165, 1.54) is 11.3 Å². The highest BCUT2D eigenvalue weighted by Crippen LogP contribution is 2.31. The predicted molar refractivity (Wildman–Crippen MR) is 101 cm³/mol. The number of azo groups is 1. The minimum Gasteiger partial charge on any atom is -0.478 e. The number of nitrogens with zero attached hydrogens (tertiary/aromatic N) is 4. The van der Waals surface area contributed by atoms with E-state index in [0.717, 1.165) is 29.0 Å². The van der Waals surface area contributed by atoms with Crippen molar-refractivity contribution in [3.8, 4) is 0 Å². The number of carboxylic acid groups (broad SMARTS) is 1. The van der Waals surface area contributed by atoms with Gasteiger partial charge in [0.1, 0.15) is 5.69 Å². The van der Waals surface area contributed by atoms with Gasteiger partial charge in [0.2, 0.25) is 5.13 Å². The normalized spacial score (nSPS) is 11.3. The SMILES string of the molecule is CCN(CC)c1ccc(N=Nc2nc3ccccc3s2)c(C(=O)O)c1. The zero-order valence-electron chi connectivity index (χ0n) is 14.0. The van der Waals surface area contributed by atoms with E-state index in [1.807, 2.05) is 44.2 Å².